The molecule has 0 atom stereocenters. The third kappa shape index (κ3) is 5.63. The summed E-state index contributed by atoms with van der Waals surface area (Å²) in [6.45, 7) is 0.347. The molecule has 0 saturated heterocycles. The molecule has 0 aliphatic heterocycles. The molecule has 29 heavy (non-hydrogen) atoms. The van der Waals surface area contributed by atoms with Gasteiger partial charge in [0.2, 0.25) is 0 Å². The third-order valence-electron chi connectivity index (χ3n) is 3.94. The number of hydrogen-bond donors (Lipinski definition) is 1. The van der Waals surface area contributed by atoms with Crippen molar-refractivity contribution >= 4 is 29.4 Å². The number of nitro groups is 1. The van der Waals surface area contributed by atoms with Crippen LogP contribution in [0.4, 0.5) is 5.69 Å². The summed E-state index contributed by atoms with van der Waals surface area (Å²) in [6.07, 6.45) is 1.24. The summed E-state index contributed by atoms with van der Waals surface area (Å²) < 4.78 is 5.65. The number of halogens is 1. The largest absolute Gasteiger partial charge is 0.489 e. The summed E-state index contributed by atoms with van der Waals surface area (Å²) in [5.41, 5.74) is 3.86. The van der Waals surface area contributed by atoms with Crippen LogP contribution in [0.2, 0.25) is 5.02 Å². The van der Waals surface area contributed by atoms with Gasteiger partial charge in [-0.05, 0) is 48.0 Å². The molecule has 0 aliphatic rings. The van der Waals surface area contributed by atoms with Gasteiger partial charge in [0.1, 0.15) is 12.4 Å². The topological polar surface area (TPSA) is 93.8 Å². The van der Waals surface area contributed by atoms with E-state index in [9.17, 15) is 14.9 Å². The van der Waals surface area contributed by atoms with Crippen LogP contribution in [0.15, 0.2) is 77.9 Å². The van der Waals surface area contributed by atoms with Crippen molar-refractivity contribution in [2.24, 2.45) is 5.10 Å². The minimum Gasteiger partial charge on any atom is -0.489 e. The van der Waals surface area contributed by atoms with E-state index in [0.29, 0.717) is 28.5 Å². The van der Waals surface area contributed by atoms with Crippen LogP contribution in [-0.4, -0.2) is 17.0 Å². The van der Waals surface area contributed by atoms with E-state index in [1.165, 1.54) is 12.3 Å². The molecule has 8 heteroatoms. The van der Waals surface area contributed by atoms with Crippen molar-refractivity contribution in [3.05, 3.63) is 105 Å². The van der Waals surface area contributed by atoms with Crippen molar-refractivity contribution in [3.8, 4) is 5.75 Å². The van der Waals surface area contributed by atoms with Crippen LogP contribution in [0.5, 0.6) is 5.75 Å². The first-order valence-corrected chi connectivity index (χ1v) is 8.95. The van der Waals surface area contributed by atoms with Gasteiger partial charge < -0.3 is 4.74 Å². The molecule has 0 unspecified atom stereocenters. The van der Waals surface area contributed by atoms with Crippen molar-refractivity contribution in [1.29, 1.82) is 0 Å². The molecule has 0 aliphatic carbocycles. The highest BCUT2D eigenvalue weighted by molar-refractivity contribution is 6.30. The van der Waals surface area contributed by atoms with Crippen LogP contribution in [-0.2, 0) is 6.61 Å². The Kier molecular flexibility index (Phi) is 6.55. The van der Waals surface area contributed by atoms with Gasteiger partial charge in [-0.2, -0.15) is 5.10 Å². The van der Waals surface area contributed by atoms with Gasteiger partial charge in [-0.15, -0.1) is 0 Å². The van der Waals surface area contributed by atoms with Crippen molar-refractivity contribution in [3.63, 3.8) is 0 Å². The summed E-state index contributed by atoms with van der Waals surface area (Å²) in [7, 11) is 0. The first kappa shape index (κ1) is 20.0. The van der Waals surface area contributed by atoms with E-state index in [-0.39, 0.29) is 5.69 Å². The quantitative estimate of drug-likeness (QED) is 0.351. The Bertz CT molecular complexity index is 1030. The minimum atomic E-state index is -0.506. The number of carbonyl (C=O) groups is 1. The average Bonchev–Trinajstić information content (AvgIpc) is 2.74. The number of amides is 1. The molecule has 1 amide bonds. The molecule has 0 heterocycles. The molecule has 0 aromatic heterocycles. The lowest BCUT2D eigenvalue weighted by molar-refractivity contribution is -0.385. The van der Waals surface area contributed by atoms with Crippen molar-refractivity contribution in [1.82, 2.24) is 5.43 Å². The monoisotopic (exact) mass is 409 g/mol. The van der Waals surface area contributed by atoms with Crippen LogP contribution in [0.3, 0.4) is 0 Å². The van der Waals surface area contributed by atoms with Crippen LogP contribution >= 0.6 is 11.6 Å². The summed E-state index contributed by atoms with van der Waals surface area (Å²) in [5.74, 6) is 0.269. The van der Waals surface area contributed by atoms with E-state index < -0.39 is 10.8 Å². The van der Waals surface area contributed by atoms with Crippen molar-refractivity contribution < 1.29 is 14.5 Å². The molecule has 0 radical (unpaired) electrons. The number of hydrogen-bond acceptors (Lipinski definition) is 5. The SMILES string of the molecule is O=C(N/N=C\c1ccccc1[N+](=O)[O-])c1ccc(COc2ccc(Cl)cc2)cc1. The maximum Gasteiger partial charge on any atom is 0.278 e. The summed E-state index contributed by atoms with van der Waals surface area (Å²) in [4.78, 5) is 22.6. The Labute approximate surface area is 171 Å². The first-order chi connectivity index (χ1) is 14.0. The first-order valence-electron chi connectivity index (χ1n) is 8.57. The standard InChI is InChI=1S/C21H16ClN3O4/c22-18-9-11-19(12-10-18)29-14-15-5-7-16(8-6-15)21(26)24-23-13-17-3-1-2-4-20(17)25(27)28/h1-13H,14H2,(H,24,26)/b23-13-. The Morgan fingerprint density at radius 1 is 1.07 bits per heavy atom. The van der Waals surface area contributed by atoms with E-state index in [1.807, 2.05) is 0 Å². The van der Waals surface area contributed by atoms with E-state index in [1.54, 1.807) is 66.7 Å². The Morgan fingerprint density at radius 3 is 2.45 bits per heavy atom. The molecule has 3 aromatic carbocycles. The van der Waals surface area contributed by atoms with E-state index >= 15 is 0 Å². The van der Waals surface area contributed by atoms with Crippen molar-refractivity contribution in [2.75, 3.05) is 0 Å². The molecule has 0 spiro atoms. The fraction of sp³-hybridized carbons (Fsp3) is 0.0476. The number of nitrogens with zero attached hydrogens (tertiary/aromatic N) is 2. The average molecular weight is 410 g/mol. The van der Waals surface area contributed by atoms with E-state index in [4.69, 9.17) is 16.3 Å². The lowest BCUT2D eigenvalue weighted by atomic mass is 10.1. The normalized spacial score (nSPS) is 10.7. The smallest absolute Gasteiger partial charge is 0.278 e. The van der Waals surface area contributed by atoms with Crippen LogP contribution in [0.1, 0.15) is 21.5 Å². The number of nitrogens with one attached hydrogen (secondary N) is 1. The number of rotatable bonds is 7. The van der Waals surface area contributed by atoms with E-state index in [2.05, 4.69) is 10.5 Å². The molecule has 0 saturated carbocycles. The Balaban J connectivity index is 1.56. The number of benzene rings is 3. The summed E-state index contributed by atoms with van der Waals surface area (Å²) >= 11 is 5.84. The lowest BCUT2D eigenvalue weighted by Crippen LogP contribution is -2.17. The van der Waals surface area contributed by atoms with Crippen LogP contribution in [0, 0.1) is 10.1 Å². The van der Waals surface area contributed by atoms with Gasteiger partial charge in [0.15, 0.2) is 0 Å². The summed E-state index contributed by atoms with van der Waals surface area (Å²) in [5, 5.41) is 15.4. The van der Waals surface area contributed by atoms with Gasteiger partial charge in [-0.1, -0.05) is 35.9 Å². The zero-order valence-electron chi connectivity index (χ0n) is 15.1. The third-order valence-corrected chi connectivity index (χ3v) is 4.19. The maximum atomic E-state index is 12.2. The molecular weight excluding hydrogens is 394 g/mol. The Morgan fingerprint density at radius 2 is 1.76 bits per heavy atom. The fourth-order valence-electron chi connectivity index (χ4n) is 2.44. The number of hydrazone groups is 1. The molecule has 3 aromatic rings. The fourth-order valence-corrected chi connectivity index (χ4v) is 2.56. The molecule has 3 rings (SSSR count). The molecular formula is C21H16ClN3O4. The second kappa shape index (κ2) is 9.48. The lowest BCUT2D eigenvalue weighted by Gasteiger charge is -2.07. The van der Waals surface area contributed by atoms with Gasteiger partial charge >= 0.3 is 0 Å². The minimum absolute atomic E-state index is 0.0875. The highest BCUT2D eigenvalue weighted by Crippen LogP contribution is 2.17. The Hall–Kier alpha value is -3.71. The van der Waals surface area contributed by atoms with E-state index in [0.717, 1.165) is 5.56 Å². The molecule has 0 bridgehead atoms. The van der Waals surface area contributed by atoms with Gasteiger partial charge in [-0.3, -0.25) is 14.9 Å². The molecule has 7 nitrogen and oxygen atoms in total. The second-order valence-corrected chi connectivity index (χ2v) is 6.39. The number of carbonyl (C=O) groups excluding carboxylic acids is 1. The second-order valence-electron chi connectivity index (χ2n) is 5.95. The number of para-hydroxylation sites is 1. The van der Waals surface area contributed by atoms with Gasteiger partial charge in [0.05, 0.1) is 16.7 Å². The zero-order valence-corrected chi connectivity index (χ0v) is 15.9. The highest BCUT2D eigenvalue weighted by atomic mass is 35.5. The van der Waals surface area contributed by atoms with Gasteiger partial charge in [-0.25, -0.2) is 5.43 Å². The van der Waals surface area contributed by atoms with Gasteiger partial charge in [0.25, 0.3) is 11.6 Å². The van der Waals surface area contributed by atoms with Crippen LogP contribution < -0.4 is 10.2 Å². The maximum absolute atomic E-state index is 12.2. The number of ether oxygens (including phenoxy) is 1. The molecule has 0 fully saturated rings. The molecule has 1 N–H and O–H groups in total. The van der Waals surface area contributed by atoms with Gasteiger partial charge in [0, 0.05) is 16.7 Å². The predicted octanol–water partition coefficient (Wildman–Crippen LogP) is 4.59. The van der Waals surface area contributed by atoms with Crippen molar-refractivity contribution in [2.45, 2.75) is 6.61 Å². The predicted molar refractivity (Wildman–Crippen MR) is 110 cm³/mol. The highest BCUT2D eigenvalue weighted by Gasteiger charge is 2.10. The van der Waals surface area contributed by atoms with Crippen LogP contribution in [0.25, 0.3) is 0 Å². The zero-order chi connectivity index (χ0) is 20.6. The number of nitro benzene ring substituents is 1. The summed E-state index contributed by atoms with van der Waals surface area (Å²) in [6, 6.07) is 20.0. The molecule has 146 valence electrons.